The number of rotatable bonds is 3. The van der Waals surface area contributed by atoms with Gasteiger partial charge in [-0.25, -0.2) is 0 Å². The van der Waals surface area contributed by atoms with Crippen molar-refractivity contribution in [3.63, 3.8) is 0 Å². The van der Waals surface area contributed by atoms with Gasteiger partial charge >= 0.3 is 0 Å². The van der Waals surface area contributed by atoms with Gasteiger partial charge in [-0.15, -0.1) is 0 Å². The Morgan fingerprint density at radius 2 is 2.21 bits per heavy atom. The molecule has 0 spiro atoms. The molecule has 0 saturated carbocycles. The molecule has 2 aromatic rings. The Labute approximate surface area is 80.6 Å². The summed E-state index contributed by atoms with van der Waals surface area (Å²) < 4.78 is 9.83. The van der Waals surface area contributed by atoms with Crippen LogP contribution in [-0.2, 0) is 0 Å². The van der Waals surface area contributed by atoms with Gasteiger partial charge in [0.1, 0.15) is 12.0 Å². The molecule has 0 aliphatic rings. The van der Waals surface area contributed by atoms with E-state index in [1.54, 1.807) is 30.5 Å². The van der Waals surface area contributed by atoms with Gasteiger partial charge in [0, 0.05) is 0 Å². The molecule has 2 aromatic heterocycles. The number of hydrogen-bond acceptors (Lipinski definition) is 3. The summed E-state index contributed by atoms with van der Waals surface area (Å²) in [6.45, 7) is 0. The van der Waals surface area contributed by atoms with Gasteiger partial charge in [0.15, 0.2) is 5.78 Å². The van der Waals surface area contributed by atoms with E-state index < -0.39 is 0 Å². The molecular weight excluding hydrogens is 180 g/mol. The Balaban J connectivity index is 2.09. The number of furan rings is 2. The monoisotopic (exact) mass is 188 g/mol. The number of carbonyl (C=O) groups is 1. The van der Waals surface area contributed by atoms with Crippen LogP contribution in [0.15, 0.2) is 51.9 Å². The predicted octanol–water partition coefficient (Wildman–Crippen LogP) is 2.77. The third-order valence-electron chi connectivity index (χ3n) is 1.75. The van der Waals surface area contributed by atoms with Crippen LogP contribution in [0.3, 0.4) is 0 Å². The van der Waals surface area contributed by atoms with E-state index >= 15 is 0 Å². The van der Waals surface area contributed by atoms with E-state index in [0.29, 0.717) is 11.3 Å². The maximum absolute atomic E-state index is 11.4. The normalized spacial score (nSPS) is 10.9. The molecule has 0 amide bonds. The second-order valence-electron chi connectivity index (χ2n) is 2.73. The Bertz CT molecular complexity index is 421. The van der Waals surface area contributed by atoms with E-state index in [2.05, 4.69) is 0 Å². The number of hydrogen-bond donors (Lipinski definition) is 0. The van der Waals surface area contributed by atoms with Crippen molar-refractivity contribution in [3.8, 4) is 0 Å². The quantitative estimate of drug-likeness (QED) is 0.549. The highest BCUT2D eigenvalue weighted by Crippen LogP contribution is 2.06. The summed E-state index contributed by atoms with van der Waals surface area (Å²) in [6, 6.07) is 5.16. The predicted molar refractivity (Wildman–Crippen MR) is 50.8 cm³/mol. The van der Waals surface area contributed by atoms with Crippen molar-refractivity contribution < 1.29 is 13.6 Å². The van der Waals surface area contributed by atoms with Gasteiger partial charge in [-0.3, -0.25) is 4.79 Å². The van der Waals surface area contributed by atoms with Gasteiger partial charge in [0.2, 0.25) is 0 Å². The molecule has 0 atom stereocenters. The molecule has 0 saturated heterocycles. The molecular formula is C11H8O3. The summed E-state index contributed by atoms with van der Waals surface area (Å²) in [4.78, 5) is 11.4. The van der Waals surface area contributed by atoms with Crippen LogP contribution in [0.2, 0.25) is 0 Å². The Hall–Kier alpha value is -2.03. The lowest BCUT2D eigenvalue weighted by molar-refractivity contribution is 0.104. The van der Waals surface area contributed by atoms with Gasteiger partial charge in [0.05, 0.1) is 18.1 Å². The molecule has 0 unspecified atom stereocenters. The minimum Gasteiger partial charge on any atom is -0.472 e. The Morgan fingerprint density at radius 1 is 1.29 bits per heavy atom. The Kier molecular flexibility index (Phi) is 2.32. The fourth-order valence-electron chi connectivity index (χ4n) is 1.04. The zero-order valence-electron chi connectivity index (χ0n) is 7.34. The molecule has 0 radical (unpaired) electrons. The fourth-order valence-corrected chi connectivity index (χ4v) is 1.04. The lowest BCUT2D eigenvalue weighted by Crippen LogP contribution is -1.89. The van der Waals surface area contributed by atoms with Gasteiger partial charge in [-0.05, 0) is 30.4 Å². The first-order valence-corrected chi connectivity index (χ1v) is 4.14. The molecule has 3 nitrogen and oxygen atoms in total. The van der Waals surface area contributed by atoms with Crippen molar-refractivity contribution in [1.29, 1.82) is 0 Å². The second kappa shape index (κ2) is 3.79. The zero-order chi connectivity index (χ0) is 9.80. The van der Waals surface area contributed by atoms with Crippen LogP contribution >= 0.6 is 0 Å². The van der Waals surface area contributed by atoms with Crippen LogP contribution < -0.4 is 0 Å². The van der Waals surface area contributed by atoms with Crippen LogP contribution in [0, 0.1) is 0 Å². The molecule has 3 heteroatoms. The van der Waals surface area contributed by atoms with E-state index in [9.17, 15) is 4.79 Å². The first kappa shape index (κ1) is 8.56. The summed E-state index contributed by atoms with van der Waals surface area (Å²) in [7, 11) is 0. The average Bonchev–Trinajstić information content (AvgIpc) is 2.87. The molecule has 2 heterocycles. The molecule has 0 aliphatic heterocycles. The number of ketones is 1. The lowest BCUT2D eigenvalue weighted by atomic mass is 10.2. The average molecular weight is 188 g/mol. The van der Waals surface area contributed by atoms with Crippen LogP contribution in [0.5, 0.6) is 0 Å². The Morgan fingerprint density at radius 3 is 2.86 bits per heavy atom. The highest BCUT2D eigenvalue weighted by molar-refractivity contribution is 6.06. The third kappa shape index (κ3) is 1.82. The topological polar surface area (TPSA) is 43.4 Å². The minimum absolute atomic E-state index is 0.102. The van der Waals surface area contributed by atoms with Crippen molar-refractivity contribution in [3.05, 3.63) is 54.4 Å². The number of carbonyl (C=O) groups excluding carboxylic acids is 1. The van der Waals surface area contributed by atoms with Crippen molar-refractivity contribution >= 4 is 11.9 Å². The highest BCUT2D eigenvalue weighted by atomic mass is 16.3. The second-order valence-corrected chi connectivity index (χ2v) is 2.73. The smallest absolute Gasteiger partial charge is 0.189 e. The van der Waals surface area contributed by atoms with Gasteiger partial charge < -0.3 is 8.83 Å². The maximum atomic E-state index is 11.4. The van der Waals surface area contributed by atoms with Crippen LogP contribution in [0.1, 0.15) is 16.1 Å². The van der Waals surface area contributed by atoms with Gasteiger partial charge in [-0.2, -0.15) is 0 Å². The van der Waals surface area contributed by atoms with Gasteiger partial charge in [0.25, 0.3) is 0 Å². The fraction of sp³-hybridized carbons (Fsp3) is 0. The molecule has 0 aromatic carbocycles. The van der Waals surface area contributed by atoms with Crippen LogP contribution in [-0.4, -0.2) is 5.78 Å². The standard InChI is InChI=1S/C11H8O3/c12-11(9-5-7-13-8-9)4-3-10-2-1-6-14-10/h1-8H/b4-3+. The van der Waals surface area contributed by atoms with Crippen LogP contribution in [0.4, 0.5) is 0 Å². The summed E-state index contributed by atoms with van der Waals surface area (Å²) in [5.74, 6) is 0.553. The SMILES string of the molecule is O=C(/C=C/c1ccco1)c1ccoc1. The largest absolute Gasteiger partial charge is 0.472 e. The lowest BCUT2D eigenvalue weighted by Gasteiger charge is -1.86. The van der Waals surface area contributed by atoms with Crippen molar-refractivity contribution in [1.82, 2.24) is 0 Å². The summed E-state index contributed by atoms with van der Waals surface area (Å²) in [6.07, 6.45) is 7.50. The molecule has 14 heavy (non-hydrogen) atoms. The van der Waals surface area contributed by atoms with Crippen LogP contribution in [0.25, 0.3) is 6.08 Å². The number of allylic oxidation sites excluding steroid dienone is 1. The maximum Gasteiger partial charge on any atom is 0.189 e. The summed E-state index contributed by atoms with van der Waals surface area (Å²) in [5.41, 5.74) is 0.535. The van der Waals surface area contributed by atoms with Crippen molar-refractivity contribution in [2.24, 2.45) is 0 Å². The molecule has 2 rings (SSSR count). The zero-order valence-corrected chi connectivity index (χ0v) is 7.34. The van der Waals surface area contributed by atoms with Crippen molar-refractivity contribution in [2.75, 3.05) is 0 Å². The van der Waals surface area contributed by atoms with Crippen molar-refractivity contribution in [2.45, 2.75) is 0 Å². The molecule has 0 N–H and O–H groups in total. The molecule has 0 aliphatic carbocycles. The van der Waals surface area contributed by atoms with E-state index in [1.165, 1.54) is 18.6 Å². The van der Waals surface area contributed by atoms with E-state index in [0.717, 1.165) is 0 Å². The molecule has 0 fully saturated rings. The van der Waals surface area contributed by atoms with E-state index in [1.807, 2.05) is 0 Å². The van der Waals surface area contributed by atoms with E-state index in [-0.39, 0.29) is 5.78 Å². The highest BCUT2D eigenvalue weighted by Gasteiger charge is 2.01. The summed E-state index contributed by atoms with van der Waals surface area (Å²) in [5, 5.41) is 0. The molecule has 0 bridgehead atoms. The third-order valence-corrected chi connectivity index (χ3v) is 1.75. The first-order chi connectivity index (χ1) is 6.86. The summed E-state index contributed by atoms with van der Waals surface area (Å²) >= 11 is 0. The first-order valence-electron chi connectivity index (χ1n) is 4.14. The van der Waals surface area contributed by atoms with E-state index in [4.69, 9.17) is 8.83 Å². The minimum atomic E-state index is -0.102. The molecule has 70 valence electrons. The van der Waals surface area contributed by atoms with Gasteiger partial charge in [-0.1, -0.05) is 0 Å².